The summed E-state index contributed by atoms with van der Waals surface area (Å²) in [5.41, 5.74) is 4.28. The normalized spacial score (nSPS) is 14.9. The maximum Gasteiger partial charge on any atom is 0.244 e. The van der Waals surface area contributed by atoms with Crippen LogP contribution in [0.3, 0.4) is 0 Å². The SMILES string of the molecule is COc1ccc(N)cc1S(=O)(=O)NCC(C)(O)CO. The van der Waals surface area contributed by atoms with Crippen molar-refractivity contribution in [1.82, 2.24) is 4.72 Å². The van der Waals surface area contributed by atoms with Crippen LogP contribution in [-0.2, 0) is 10.0 Å². The van der Waals surface area contributed by atoms with Crippen molar-refractivity contribution in [3.8, 4) is 5.75 Å². The second-order valence-corrected chi connectivity index (χ2v) is 6.13. The number of ether oxygens (including phenoxy) is 1. The number of aliphatic hydroxyl groups is 2. The van der Waals surface area contributed by atoms with E-state index in [0.717, 1.165) is 0 Å². The van der Waals surface area contributed by atoms with Gasteiger partial charge in [0.2, 0.25) is 10.0 Å². The highest BCUT2D eigenvalue weighted by Crippen LogP contribution is 2.25. The molecule has 0 aromatic heterocycles. The Morgan fingerprint density at radius 2 is 2.11 bits per heavy atom. The molecule has 7 nitrogen and oxygen atoms in total. The van der Waals surface area contributed by atoms with Crippen molar-refractivity contribution in [3.05, 3.63) is 18.2 Å². The Morgan fingerprint density at radius 1 is 1.47 bits per heavy atom. The Labute approximate surface area is 112 Å². The molecule has 0 aliphatic rings. The van der Waals surface area contributed by atoms with Crippen molar-refractivity contribution in [1.29, 1.82) is 0 Å². The average molecular weight is 290 g/mol. The minimum atomic E-state index is -3.89. The van der Waals surface area contributed by atoms with Crippen molar-refractivity contribution in [3.63, 3.8) is 0 Å². The Bertz CT molecular complexity index is 542. The Balaban J connectivity index is 3.04. The van der Waals surface area contributed by atoms with Crippen LogP contribution in [0.4, 0.5) is 5.69 Å². The number of nitrogens with two attached hydrogens (primary N) is 1. The van der Waals surface area contributed by atoms with Gasteiger partial charge in [-0.3, -0.25) is 0 Å². The van der Waals surface area contributed by atoms with Crippen molar-refractivity contribution < 1.29 is 23.4 Å². The second kappa shape index (κ2) is 5.74. The van der Waals surface area contributed by atoms with E-state index in [1.54, 1.807) is 0 Å². The molecule has 108 valence electrons. The molecule has 1 unspecified atom stereocenters. The third-order valence-electron chi connectivity index (χ3n) is 2.46. The number of rotatable bonds is 6. The minimum Gasteiger partial charge on any atom is -0.495 e. The van der Waals surface area contributed by atoms with E-state index >= 15 is 0 Å². The van der Waals surface area contributed by atoms with Gasteiger partial charge in [-0.25, -0.2) is 13.1 Å². The summed E-state index contributed by atoms with van der Waals surface area (Å²) in [6.07, 6.45) is 0. The molecule has 0 bridgehead atoms. The molecule has 0 aliphatic heterocycles. The maximum atomic E-state index is 12.1. The van der Waals surface area contributed by atoms with E-state index in [-0.39, 0.29) is 22.9 Å². The zero-order chi connectivity index (χ0) is 14.7. The first-order chi connectivity index (χ1) is 8.72. The van der Waals surface area contributed by atoms with E-state index in [9.17, 15) is 13.5 Å². The van der Waals surface area contributed by atoms with Crippen LogP contribution in [0.5, 0.6) is 5.75 Å². The minimum absolute atomic E-state index is 0.122. The molecule has 0 saturated carbocycles. The van der Waals surface area contributed by atoms with Gasteiger partial charge in [0.1, 0.15) is 10.6 Å². The molecule has 0 spiro atoms. The third-order valence-corrected chi connectivity index (χ3v) is 3.88. The summed E-state index contributed by atoms with van der Waals surface area (Å²) in [5, 5.41) is 18.5. The molecule has 1 atom stereocenters. The summed E-state index contributed by atoms with van der Waals surface area (Å²) in [7, 11) is -2.55. The van der Waals surface area contributed by atoms with Gasteiger partial charge in [-0.05, 0) is 25.1 Å². The van der Waals surface area contributed by atoms with Crippen molar-refractivity contribution in [2.75, 3.05) is 26.0 Å². The molecule has 0 fully saturated rings. The van der Waals surface area contributed by atoms with Gasteiger partial charge in [0.15, 0.2) is 0 Å². The zero-order valence-corrected chi connectivity index (χ0v) is 11.6. The summed E-state index contributed by atoms with van der Waals surface area (Å²) in [6.45, 7) is 0.416. The van der Waals surface area contributed by atoms with E-state index in [1.807, 2.05) is 0 Å². The molecule has 1 rings (SSSR count). The second-order valence-electron chi connectivity index (χ2n) is 4.39. The van der Waals surface area contributed by atoms with Crippen LogP contribution in [0, 0.1) is 0 Å². The number of nitrogen functional groups attached to an aromatic ring is 1. The molecule has 5 N–H and O–H groups in total. The molecule has 1 aromatic rings. The summed E-state index contributed by atoms with van der Waals surface area (Å²) in [4.78, 5) is -0.122. The fraction of sp³-hybridized carbons (Fsp3) is 0.455. The number of methoxy groups -OCH3 is 1. The maximum absolute atomic E-state index is 12.1. The molecule has 0 saturated heterocycles. The average Bonchev–Trinajstić information content (AvgIpc) is 2.37. The standard InChI is InChI=1S/C11H18N2O5S/c1-11(15,7-14)6-13-19(16,17)10-5-8(12)3-4-9(10)18-2/h3-5,13-15H,6-7,12H2,1-2H3. The molecule has 0 radical (unpaired) electrons. The Kier molecular flexibility index (Phi) is 4.75. The first-order valence-corrected chi connectivity index (χ1v) is 6.96. The van der Waals surface area contributed by atoms with Crippen LogP contribution < -0.4 is 15.2 Å². The number of sulfonamides is 1. The summed E-state index contributed by atoms with van der Waals surface area (Å²) in [5.74, 6) is 0.144. The Hall–Kier alpha value is -1.35. The number of hydrogen-bond donors (Lipinski definition) is 4. The van der Waals surface area contributed by atoms with Gasteiger partial charge in [0, 0.05) is 12.2 Å². The summed E-state index contributed by atoms with van der Waals surface area (Å²) in [6, 6.07) is 4.21. The summed E-state index contributed by atoms with van der Waals surface area (Å²) >= 11 is 0. The lowest BCUT2D eigenvalue weighted by Crippen LogP contribution is -2.43. The highest BCUT2D eigenvalue weighted by atomic mass is 32.2. The molecule has 0 heterocycles. The van der Waals surface area contributed by atoms with Crippen molar-refractivity contribution in [2.45, 2.75) is 17.4 Å². The highest BCUT2D eigenvalue weighted by molar-refractivity contribution is 7.89. The van der Waals surface area contributed by atoms with Gasteiger partial charge < -0.3 is 20.7 Å². The number of nitrogens with one attached hydrogen (secondary N) is 1. The lowest BCUT2D eigenvalue weighted by molar-refractivity contribution is 0.00680. The van der Waals surface area contributed by atoms with Crippen LogP contribution in [0.1, 0.15) is 6.92 Å². The topological polar surface area (TPSA) is 122 Å². The predicted octanol–water partition coefficient (Wildman–Crippen LogP) is -0.701. The monoisotopic (exact) mass is 290 g/mol. The quantitative estimate of drug-likeness (QED) is 0.514. The highest BCUT2D eigenvalue weighted by Gasteiger charge is 2.25. The smallest absolute Gasteiger partial charge is 0.244 e. The molecule has 1 aromatic carbocycles. The lowest BCUT2D eigenvalue weighted by atomic mass is 10.1. The van der Waals surface area contributed by atoms with E-state index in [2.05, 4.69) is 4.72 Å². The van der Waals surface area contributed by atoms with Crippen LogP contribution in [0.25, 0.3) is 0 Å². The van der Waals surface area contributed by atoms with Gasteiger partial charge in [-0.1, -0.05) is 0 Å². The molecule has 0 amide bonds. The number of aliphatic hydroxyl groups excluding tert-OH is 1. The summed E-state index contributed by atoms with van der Waals surface area (Å²) < 4.78 is 31.3. The molecule has 8 heteroatoms. The number of hydrogen-bond acceptors (Lipinski definition) is 6. The molecular formula is C11H18N2O5S. The van der Waals surface area contributed by atoms with Gasteiger partial charge >= 0.3 is 0 Å². The number of anilines is 1. The van der Waals surface area contributed by atoms with Crippen LogP contribution in [-0.4, -0.2) is 44.5 Å². The van der Waals surface area contributed by atoms with Crippen LogP contribution in [0.15, 0.2) is 23.1 Å². The fourth-order valence-electron chi connectivity index (χ4n) is 1.29. The van der Waals surface area contributed by atoms with Gasteiger partial charge in [-0.15, -0.1) is 0 Å². The fourth-order valence-corrected chi connectivity index (χ4v) is 2.65. The van der Waals surface area contributed by atoms with Gasteiger partial charge in [0.25, 0.3) is 0 Å². The predicted molar refractivity (Wildman–Crippen MR) is 70.3 cm³/mol. The number of benzene rings is 1. The zero-order valence-electron chi connectivity index (χ0n) is 10.8. The van der Waals surface area contributed by atoms with E-state index in [0.29, 0.717) is 0 Å². The van der Waals surface area contributed by atoms with Crippen molar-refractivity contribution in [2.24, 2.45) is 0 Å². The van der Waals surface area contributed by atoms with E-state index in [1.165, 1.54) is 32.2 Å². The first-order valence-electron chi connectivity index (χ1n) is 5.48. The van der Waals surface area contributed by atoms with E-state index < -0.39 is 22.2 Å². The molecular weight excluding hydrogens is 272 g/mol. The largest absolute Gasteiger partial charge is 0.495 e. The van der Waals surface area contributed by atoms with E-state index in [4.69, 9.17) is 15.6 Å². The van der Waals surface area contributed by atoms with Crippen LogP contribution in [0.2, 0.25) is 0 Å². The Morgan fingerprint density at radius 3 is 2.63 bits per heavy atom. The van der Waals surface area contributed by atoms with Crippen molar-refractivity contribution >= 4 is 15.7 Å². The van der Waals surface area contributed by atoms with Crippen LogP contribution >= 0.6 is 0 Å². The van der Waals surface area contributed by atoms with Gasteiger partial charge in [-0.2, -0.15) is 0 Å². The molecule has 19 heavy (non-hydrogen) atoms. The lowest BCUT2D eigenvalue weighted by Gasteiger charge is -2.21. The first kappa shape index (κ1) is 15.7. The third kappa shape index (κ3) is 4.06. The van der Waals surface area contributed by atoms with Gasteiger partial charge in [0.05, 0.1) is 19.3 Å². The molecule has 0 aliphatic carbocycles.